The Hall–Kier alpha value is 0.690. The standard InChI is InChI=1S/C8H12IO/c1-2-5(1)9-7-4-10-8-3-6(7)8/h5-8H,1-4H2/q-1/t6?,7-,8?/m1/s1. The van der Waals surface area contributed by atoms with Crippen LogP contribution in [0.15, 0.2) is 0 Å². The molecule has 0 bridgehead atoms. The third-order valence-electron chi connectivity index (χ3n) is 2.56. The minimum atomic E-state index is 0.549. The molecule has 3 aliphatic rings. The second-order valence-corrected chi connectivity index (χ2v) is 7.67. The van der Waals surface area contributed by atoms with E-state index < -0.39 is 0 Å². The van der Waals surface area contributed by atoms with Crippen LogP contribution in [0, 0.1) is 5.92 Å². The first kappa shape index (κ1) is 6.23. The van der Waals surface area contributed by atoms with Crippen molar-refractivity contribution in [3.63, 3.8) is 0 Å². The Morgan fingerprint density at radius 2 is 2.20 bits per heavy atom. The first-order valence-electron chi connectivity index (χ1n) is 4.17. The number of fused-ring (bicyclic) bond motifs is 1. The second-order valence-electron chi connectivity index (χ2n) is 3.59. The molecule has 3 rings (SSSR count). The molecule has 0 N–H and O–H groups in total. The third kappa shape index (κ3) is 0.998. The third-order valence-corrected chi connectivity index (χ3v) is 7.03. The summed E-state index contributed by atoms with van der Waals surface area (Å²) >= 11 is 0.549. The molecule has 0 radical (unpaired) electrons. The number of alkyl halides is 2. The van der Waals surface area contributed by atoms with Crippen LogP contribution >= 0.6 is 0 Å². The summed E-state index contributed by atoms with van der Waals surface area (Å²) in [5.74, 6) is 1.05. The van der Waals surface area contributed by atoms with Crippen molar-refractivity contribution in [1.29, 1.82) is 0 Å². The van der Waals surface area contributed by atoms with Gasteiger partial charge in [0, 0.05) is 0 Å². The molecular weight excluding hydrogens is 239 g/mol. The average molecular weight is 251 g/mol. The Bertz CT molecular complexity index is 155. The normalized spacial score (nSPS) is 51.4. The molecule has 0 aromatic carbocycles. The fraction of sp³-hybridized carbons (Fsp3) is 1.00. The molecule has 0 aromatic heterocycles. The minimum absolute atomic E-state index is 0.549. The summed E-state index contributed by atoms with van der Waals surface area (Å²) in [6.45, 7) is 1.14. The molecule has 10 heavy (non-hydrogen) atoms. The topological polar surface area (TPSA) is 9.23 Å². The maximum absolute atomic E-state index is 5.60. The van der Waals surface area contributed by atoms with Gasteiger partial charge in [0.2, 0.25) is 0 Å². The van der Waals surface area contributed by atoms with Crippen molar-refractivity contribution in [1.82, 2.24) is 0 Å². The van der Waals surface area contributed by atoms with E-state index in [0.29, 0.717) is 21.2 Å². The average Bonchev–Trinajstić information content (AvgIpc) is 2.74. The van der Waals surface area contributed by atoms with E-state index >= 15 is 0 Å². The molecule has 3 atom stereocenters. The number of hydrogen-bond donors (Lipinski definition) is 0. The summed E-state index contributed by atoms with van der Waals surface area (Å²) in [5.41, 5.74) is 0. The van der Waals surface area contributed by atoms with Gasteiger partial charge in [-0.2, -0.15) is 0 Å². The van der Waals surface area contributed by atoms with Gasteiger partial charge in [-0.25, -0.2) is 0 Å². The number of ether oxygens (including phenoxy) is 1. The van der Waals surface area contributed by atoms with Crippen LogP contribution in [-0.4, -0.2) is 20.6 Å². The Kier molecular flexibility index (Phi) is 1.31. The van der Waals surface area contributed by atoms with Crippen LogP contribution in [-0.2, 0) is 4.74 Å². The predicted molar refractivity (Wildman–Crippen MR) is 34.7 cm³/mol. The molecule has 1 saturated heterocycles. The zero-order valence-corrected chi connectivity index (χ0v) is 8.08. The molecule has 0 amide bonds. The van der Waals surface area contributed by atoms with E-state index in [9.17, 15) is 0 Å². The van der Waals surface area contributed by atoms with Crippen molar-refractivity contribution < 1.29 is 25.9 Å². The van der Waals surface area contributed by atoms with E-state index in [1.54, 1.807) is 12.8 Å². The molecule has 2 heteroatoms. The van der Waals surface area contributed by atoms with E-state index in [1.165, 1.54) is 10.3 Å². The molecule has 3 fully saturated rings. The first-order chi connectivity index (χ1) is 4.93. The van der Waals surface area contributed by atoms with Crippen LogP contribution in [0.4, 0.5) is 0 Å². The molecule has 2 saturated carbocycles. The molecular formula is C8H12IO-. The zero-order valence-electron chi connectivity index (χ0n) is 5.92. The van der Waals surface area contributed by atoms with Crippen molar-refractivity contribution in [2.75, 3.05) is 6.61 Å². The van der Waals surface area contributed by atoms with E-state index in [1.807, 2.05) is 0 Å². The summed E-state index contributed by atoms with van der Waals surface area (Å²) in [7, 11) is 0. The molecule has 0 aromatic rings. The summed E-state index contributed by atoms with van der Waals surface area (Å²) < 4.78 is 7.89. The molecule has 2 unspecified atom stereocenters. The summed E-state index contributed by atoms with van der Waals surface area (Å²) in [6.07, 6.45) is 5.27. The van der Waals surface area contributed by atoms with Crippen LogP contribution in [0.5, 0.6) is 0 Å². The van der Waals surface area contributed by atoms with E-state index in [-0.39, 0.29) is 0 Å². The van der Waals surface area contributed by atoms with Crippen molar-refractivity contribution in [2.45, 2.75) is 33.2 Å². The maximum atomic E-state index is 5.60. The summed E-state index contributed by atoms with van der Waals surface area (Å²) in [6, 6.07) is 0. The van der Waals surface area contributed by atoms with Crippen LogP contribution < -0.4 is 21.2 Å². The van der Waals surface area contributed by atoms with Crippen LogP contribution in [0.1, 0.15) is 19.3 Å². The Morgan fingerprint density at radius 3 is 2.70 bits per heavy atom. The van der Waals surface area contributed by atoms with Gasteiger partial charge in [0.15, 0.2) is 0 Å². The predicted octanol–water partition coefficient (Wildman–Crippen LogP) is -1.97. The summed E-state index contributed by atoms with van der Waals surface area (Å²) in [4.78, 5) is 0. The van der Waals surface area contributed by atoms with Crippen molar-refractivity contribution in [3.8, 4) is 0 Å². The Morgan fingerprint density at radius 1 is 1.30 bits per heavy atom. The van der Waals surface area contributed by atoms with Crippen molar-refractivity contribution >= 4 is 0 Å². The number of hydrogen-bond acceptors (Lipinski definition) is 1. The van der Waals surface area contributed by atoms with Crippen molar-refractivity contribution in [3.05, 3.63) is 0 Å². The van der Waals surface area contributed by atoms with E-state index in [2.05, 4.69) is 0 Å². The van der Waals surface area contributed by atoms with Gasteiger partial charge in [-0.15, -0.1) is 0 Å². The second kappa shape index (κ2) is 2.09. The zero-order chi connectivity index (χ0) is 6.55. The molecule has 0 spiro atoms. The van der Waals surface area contributed by atoms with Gasteiger partial charge in [0.25, 0.3) is 0 Å². The van der Waals surface area contributed by atoms with E-state index in [0.717, 1.165) is 22.6 Å². The van der Waals surface area contributed by atoms with Crippen LogP contribution in [0.3, 0.4) is 0 Å². The van der Waals surface area contributed by atoms with Crippen LogP contribution in [0.25, 0.3) is 0 Å². The summed E-state index contributed by atoms with van der Waals surface area (Å²) in [5, 5.41) is 0. The fourth-order valence-corrected chi connectivity index (χ4v) is 5.74. The van der Waals surface area contributed by atoms with Crippen LogP contribution in [0.2, 0.25) is 0 Å². The molecule has 2 aliphatic carbocycles. The van der Waals surface area contributed by atoms with Gasteiger partial charge < -0.3 is 0 Å². The van der Waals surface area contributed by atoms with Crippen molar-refractivity contribution in [2.24, 2.45) is 5.92 Å². The molecule has 1 nitrogen and oxygen atoms in total. The molecule has 58 valence electrons. The fourth-order valence-electron chi connectivity index (χ4n) is 1.65. The van der Waals surface area contributed by atoms with Gasteiger partial charge in [-0.05, 0) is 0 Å². The number of rotatable bonds is 2. The quantitative estimate of drug-likeness (QED) is 0.408. The molecule has 1 aliphatic heterocycles. The van der Waals surface area contributed by atoms with Gasteiger partial charge in [-0.1, -0.05) is 0 Å². The van der Waals surface area contributed by atoms with E-state index in [4.69, 9.17) is 4.74 Å². The monoisotopic (exact) mass is 251 g/mol. The van der Waals surface area contributed by atoms with Gasteiger partial charge in [-0.3, -0.25) is 0 Å². The first-order valence-corrected chi connectivity index (χ1v) is 6.66. The van der Waals surface area contributed by atoms with Gasteiger partial charge in [0.1, 0.15) is 0 Å². The number of halogens is 1. The SMILES string of the molecule is C1CC1[I-][C@@H]1COC2CC21. The van der Waals surface area contributed by atoms with Gasteiger partial charge >= 0.3 is 71.7 Å². The molecule has 1 heterocycles. The van der Waals surface area contributed by atoms with Gasteiger partial charge in [0.05, 0.1) is 0 Å². The Labute approximate surface area is 71.8 Å². The Balaban J connectivity index is 1.60.